The lowest BCUT2D eigenvalue weighted by molar-refractivity contribution is 0.131. The van der Waals surface area contributed by atoms with E-state index >= 15 is 0 Å². The normalized spacial score (nSPS) is 24.2. The largest absolute Gasteiger partial charge is 0.393 e. The second-order valence-electron chi connectivity index (χ2n) is 4.98. The summed E-state index contributed by atoms with van der Waals surface area (Å²) in [6.07, 6.45) is 3.20. The highest BCUT2D eigenvalue weighted by Crippen LogP contribution is 2.25. The van der Waals surface area contributed by atoms with E-state index in [0.29, 0.717) is 5.92 Å². The minimum atomic E-state index is -0.0936. The van der Waals surface area contributed by atoms with Crippen LogP contribution in [0.4, 0.5) is 0 Å². The van der Waals surface area contributed by atoms with Gasteiger partial charge in [-0.05, 0) is 42.9 Å². The van der Waals surface area contributed by atoms with Crippen molar-refractivity contribution in [2.75, 3.05) is 6.54 Å². The molecule has 0 amide bonds. The zero-order valence-electron chi connectivity index (χ0n) is 10.2. The van der Waals surface area contributed by atoms with Gasteiger partial charge >= 0.3 is 0 Å². The van der Waals surface area contributed by atoms with Crippen LogP contribution >= 0.6 is 15.9 Å². The van der Waals surface area contributed by atoms with E-state index in [1.54, 1.807) is 0 Å². The molecule has 2 rings (SSSR count). The average Bonchev–Trinajstić information content (AvgIpc) is 2.68. The molecule has 17 heavy (non-hydrogen) atoms. The lowest BCUT2D eigenvalue weighted by atomic mass is 10.1. The van der Waals surface area contributed by atoms with Crippen LogP contribution in [0.25, 0.3) is 0 Å². The molecule has 3 heteroatoms. The number of aliphatic hydroxyl groups is 1. The Bertz CT molecular complexity index is 380. The summed E-state index contributed by atoms with van der Waals surface area (Å²) in [7, 11) is 0. The summed E-state index contributed by atoms with van der Waals surface area (Å²) in [4.78, 5) is 0. The molecule has 1 fully saturated rings. The van der Waals surface area contributed by atoms with Crippen LogP contribution in [0.3, 0.4) is 0 Å². The van der Waals surface area contributed by atoms with Gasteiger partial charge in [0.25, 0.3) is 0 Å². The molecule has 1 saturated carbocycles. The van der Waals surface area contributed by atoms with Gasteiger partial charge in [-0.1, -0.05) is 34.5 Å². The Morgan fingerprint density at radius 2 is 2.24 bits per heavy atom. The predicted molar refractivity (Wildman–Crippen MR) is 73.9 cm³/mol. The number of benzene rings is 1. The molecule has 1 aromatic carbocycles. The van der Waals surface area contributed by atoms with Crippen molar-refractivity contribution in [3.8, 4) is 0 Å². The fourth-order valence-corrected chi connectivity index (χ4v) is 3.08. The molecule has 2 atom stereocenters. The van der Waals surface area contributed by atoms with Gasteiger partial charge in [0, 0.05) is 17.6 Å². The molecular weight excluding hydrogens is 278 g/mol. The first-order valence-electron chi connectivity index (χ1n) is 6.30. The first kappa shape index (κ1) is 13.1. The summed E-state index contributed by atoms with van der Waals surface area (Å²) in [5, 5.41) is 13.2. The van der Waals surface area contributed by atoms with Gasteiger partial charge in [-0.2, -0.15) is 0 Å². The van der Waals surface area contributed by atoms with Gasteiger partial charge < -0.3 is 10.4 Å². The molecule has 0 aromatic heterocycles. The highest BCUT2D eigenvalue weighted by atomic mass is 79.9. The maximum Gasteiger partial charge on any atom is 0.0580 e. The quantitative estimate of drug-likeness (QED) is 0.895. The smallest absolute Gasteiger partial charge is 0.0580 e. The van der Waals surface area contributed by atoms with E-state index in [2.05, 4.69) is 46.4 Å². The second kappa shape index (κ2) is 5.98. The van der Waals surface area contributed by atoms with Crippen molar-refractivity contribution < 1.29 is 5.11 Å². The van der Waals surface area contributed by atoms with E-state index < -0.39 is 0 Å². The molecule has 2 nitrogen and oxygen atoms in total. The molecule has 0 radical (unpaired) electrons. The van der Waals surface area contributed by atoms with Crippen LogP contribution in [-0.4, -0.2) is 17.8 Å². The van der Waals surface area contributed by atoms with Crippen LogP contribution in [0.15, 0.2) is 22.7 Å². The van der Waals surface area contributed by atoms with Gasteiger partial charge in [0.2, 0.25) is 0 Å². The van der Waals surface area contributed by atoms with Gasteiger partial charge in [0.05, 0.1) is 6.10 Å². The SMILES string of the molecule is Cc1ccc(CNCC2CCCC2O)c(Br)c1. The number of halogens is 1. The molecule has 1 aromatic rings. The van der Waals surface area contributed by atoms with Gasteiger partial charge in [0.15, 0.2) is 0 Å². The number of aliphatic hydroxyl groups excluding tert-OH is 1. The van der Waals surface area contributed by atoms with E-state index in [0.717, 1.165) is 30.4 Å². The Balaban J connectivity index is 1.81. The number of nitrogens with one attached hydrogen (secondary N) is 1. The maximum absolute atomic E-state index is 9.73. The molecule has 94 valence electrons. The standard InChI is InChI=1S/C14H20BrNO/c1-10-5-6-11(13(15)7-10)8-16-9-12-3-2-4-14(12)17/h5-7,12,14,16-17H,2-4,8-9H2,1H3. The number of hydrogen-bond acceptors (Lipinski definition) is 2. The second-order valence-corrected chi connectivity index (χ2v) is 5.84. The maximum atomic E-state index is 9.73. The average molecular weight is 298 g/mol. The van der Waals surface area contributed by atoms with Crippen molar-refractivity contribution in [1.29, 1.82) is 0 Å². The zero-order valence-corrected chi connectivity index (χ0v) is 11.8. The third kappa shape index (κ3) is 3.54. The topological polar surface area (TPSA) is 32.3 Å². The molecule has 0 bridgehead atoms. The number of hydrogen-bond donors (Lipinski definition) is 2. The Hall–Kier alpha value is -0.380. The van der Waals surface area contributed by atoms with Gasteiger partial charge in [0.1, 0.15) is 0 Å². The number of aryl methyl sites for hydroxylation is 1. The van der Waals surface area contributed by atoms with Gasteiger partial charge in [-0.15, -0.1) is 0 Å². The molecule has 0 saturated heterocycles. The first-order valence-corrected chi connectivity index (χ1v) is 7.10. The molecule has 2 unspecified atom stereocenters. The highest BCUT2D eigenvalue weighted by Gasteiger charge is 2.24. The first-order chi connectivity index (χ1) is 8.16. The summed E-state index contributed by atoms with van der Waals surface area (Å²) in [6, 6.07) is 6.42. The zero-order chi connectivity index (χ0) is 12.3. The number of rotatable bonds is 4. The van der Waals surface area contributed by atoms with Crippen molar-refractivity contribution in [3.05, 3.63) is 33.8 Å². The third-order valence-corrected chi connectivity index (χ3v) is 4.29. The third-order valence-electron chi connectivity index (χ3n) is 3.55. The van der Waals surface area contributed by atoms with Crippen molar-refractivity contribution >= 4 is 15.9 Å². The van der Waals surface area contributed by atoms with E-state index in [1.807, 2.05) is 0 Å². The molecule has 0 spiro atoms. The minimum Gasteiger partial charge on any atom is -0.393 e. The van der Waals surface area contributed by atoms with Crippen molar-refractivity contribution in [3.63, 3.8) is 0 Å². The lowest BCUT2D eigenvalue weighted by Gasteiger charge is -2.15. The molecule has 0 heterocycles. The summed E-state index contributed by atoms with van der Waals surface area (Å²) < 4.78 is 1.16. The molecular formula is C14H20BrNO. The molecule has 1 aliphatic rings. The summed E-state index contributed by atoms with van der Waals surface area (Å²) >= 11 is 3.58. The Morgan fingerprint density at radius 1 is 1.41 bits per heavy atom. The highest BCUT2D eigenvalue weighted by molar-refractivity contribution is 9.10. The molecule has 2 N–H and O–H groups in total. The van der Waals surface area contributed by atoms with Crippen LogP contribution < -0.4 is 5.32 Å². The van der Waals surface area contributed by atoms with Crippen LogP contribution in [0.1, 0.15) is 30.4 Å². The summed E-state index contributed by atoms with van der Waals surface area (Å²) in [5.74, 6) is 0.444. The van der Waals surface area contributed by atoms with Crippen molar-refractivity contribution in [1.82, 2.24) is 5.32 Å². The van der Waals surface area contributed by atoms with Gasteiger partial charge in [-0.3, -0.25) is 0 Å². The fourth-order valence-electron chi connectivity index (χ4n) is 2.44. The van der Waals surface area contributed by atoms with Crippen LogP contribution in [-0.2, 0) is 6.54 Å². The van der Waals surface area contributed by atoms with Crippen LogP contribution in [0, 0.1) is 12.8 Å². The lowest BCUT2D eigenvalue weighted by Crippen LogP contribution is -2.27. The monoisotopic (exact) mass is 297 g/mol. The van der Waals surface area contributed by atoms with E-state index in [1.165, 1.54) is 17.5 Å². The van der Waals surface area contributed by atoms with Crippen molar-refractivity contribution in [2.24, 2.45) is 5.92 Å². The van der Waals surface area contributed by atoms with E-state index in [9.17, 15) is 5.11 Å². The summed E-state index contributed by atoms with van der Waals surface area (Å²) in [6.45, 7) is 3.88. The van der Waals surface area contributed by atoms with E-state index in [4.69, 9.17) is 0 Å². The fraction of sp³-hybridized carbons (Fsp3) is 0.571. The van der Waals surface area contributed by atoms with Crippen molar-refractivity contribution in [2.45, 2.75) is 38.8 Å². The van der Waals surface area contributed by atoms with E-state index in [-0.39, 0.29) is 6.10 Å². The minimum absolute atomic E-state index is 0.0936. The Kier molecular flexibility index (Phi) is 4.60. The van der Waals surface area contributed by atoms with Crippen LogP contribution in [0.2, 0.25) is 0 Å². The predicted octanol–water partition coefficient (Wildman–Crippen LogP) is 3.01. The Morgan fingerprint density at radius 3 is 2.88 bits per heavy atom. The van der Waals surface area contributed by atoms with Gasteiger partial charge in [-0.25, -0.2) is 0 Å². The Labute approximate surface area is 112 Å². The summed E-state index contributed by atoms with van der Waals surface area (Å²) in [5.41, 5.74) is 2.55. The molecule has 1 aliphatic carbocycles. The molecule has 0 aliphatic heterocycles. The van der Waals surface area contributed by atoms with Crippen LogP contribution in [0.5, 0.6) is 0 Å².